The summed E-state index contributed by atoms with van der Waals surface area (Å²) in [6, 6.07) is 20.2. The Morgan fingerprint density at radius 1 is 0.763 bits per heavy atom. The predicted octanol–water partition coefficient (Wildman–Crippen LogP) is 10.9. The molecule has 2 fully saturated rings. The summed E-state index contributed by atoms with van der Waals surface area (Å²) in [5.41, 5.74) is 7.60. The molecular weight excluding hydrogens is 766 g/mol. The highest BCUT2D eigenvalue weighted by Gasteiger charge is 2.37. The molecule has 3 aliphatic heterocycles. The molecule has 6 heterocycles. The zero-order chi connectivity index (χ0) is 41.4. The van der Waals surface area contributed by atoms with Crippen LogP contribution in [0.5, 0.6) is 5.75 Å². The van der Waals surface area contributed by atoms with Crippen molar-refractivity contribution in [1.82, 2.24) is 34.3 Å². The molecule has 306 valence electrons. The third kappa shape index (κ3) is 7.32. The molecule has 3 aromatic carbocycles. The second-order valence-electron chi connectivity index (χ2n) is 17.8. The van der Waals surface area contributed by atoms with Crippen LogP contribution in [0, 0.1) is 0 Å². The summed E-state index contributed by atoms with van der Waals surface area (Å²) < 4.78 is 20.7. The smallest absolute Gasteiger partial charge is 0.410 e. The lowest BCUT2D eigenvalue weighted by atomic mass is 9.91. The van der Waals surface area contributed by atoms with E-state index in [-0.39, 0.29) is 24.3 Å². The number of aryl methyl sites for hydroxylation is 1. The average molecular weight is 816 g/mol. The number of imidazole rings is 2. The SMILES string of the molecule is Cn1c2c(c3cc(-c4cnc(C5CCCN5C(=O)OC(C)(C)C)[nH]4)ccc31)C(c1ccc(Cl)cc1)Oc1cc(-c3cnc(C4CCCN4C(=O)OC(C)(C)C)[nH]3)ccc1-2. The number of nitrogens with zero attached hydrogens (tertiary/aromatic N) is 5. The van der Waals surface area contributed by atoms with E-state index in [9.17, 15) is 9.59 Å². The van der Waals surface area contributed by atoms with Crippen molar-refractivity contribution in [2.75, 3.05) is 13.1 Å². The molecule has 2 saturated heterocycles. The van der Waals surface area contributed by atoms with Gasteiger partial charge in [-0.25, -0.2) is 19.6 Å². The predicted molar refractivity (Wildman–Crippen MR) is 227 cm³/mol. The van der Waals surface area contributed by atoms with E-state index < -0.39 is 17.3 Å². The van der Waals surface area contributed by atoms with Crippen molar-refractivity contribution in [2.45, 2.75) is 96.6 Å². The Bertz CT molecular complexity index is 2580. The van der Waals surface area contributed by atoms with E-state index in [2.05, 4.69) is 58.0 Å². The molecule has 12 nitrogen and oxygen atoms in total. The third-order valence-corrected chi connectivity index (χ3v) is 11.6. The van der Waals surface area contributed by atoms with Crippen molar-refractivity contribution in [2.24, 2.45) is 7.05 Å². The van der Waals surface area contributed by atoms with E-state index >= 15 is 0 Å². The van der Waals surface area contributed by atoms with Gasteiger partial charge in [0.05, 0.1) is 41.6 Å². The van der Waals surface area contributed by atoms with E-state index in [4.69, 9.17) is 35.8 Å². The van der Waals surface area contributed by atoms with Crippen LogP contribution in [-0.2, 0) is 16.5 Å². The number of hydrogen-bond donors (Lipinski definition) is 2. The Balaban J connectivity index is 1.07. The lowest BCUT2D eigenvalue weighted by Crippen LogP contribution is -2.36. The number of carbonyl (C=O) groups is 2. The average Bonchev–Trinajstić information content (AvgIpc) is 4.03. The lowest BCUT2D eigenvalue weighted by Gasteiger charge is -2.28. The first-order chi connectivity index (χ1) is 28.1. The molecular formula is C46H50ClN7O5. The molecule has 0 bridgehead atoms. The number of carbonyl (C=O) groups excluding carboxylic acids is 2. The molecule has 13 heteroatoms. The highest BCUT2D eigenvalue weighted by Crippen LogP contribution is 2.50. The van der Waals surface area contributed by atoms with E-state index in [1.807, 2.05) is 78.2 Å². The minimum Gasteiger partial charge on any atom is -0.480 e. The number of ether oxygens (including phenoxy) is 3. The summed E-state index contributed by atoms with van der Waals surface area (Å²) in [6.07, 6.45) is 5.99. The van der Waals surface area contributed by atoms with Crippen molar-refractivity contribution in [3.05, 3.63) is 101 Å². The van der Waals surface area contributed by atoms with Crippen LogP contribution in [0.15, 0.2) is 73.1 Å². The van der Waals surface area contributed by atoms with Gasteiger partial charge in [0.2, 0.25) is 0 Å². The summed E-state index contributed by atoms with van der Waals surface area (Å²) in [5.74, 6) is 2.23. The van der Waals surface area contributed by atoms with Gasteiger partial charge in [-0.2, -0.15) is 0 Å². The Morgan fingerprint density at radius 2 is 1.31 bits per heavy atom. The number of aromatic nitrogens is 5. The molecule has 0 saturated carbocycles. The van der Waals surface area contributed by atoms with Gasteiger partial charge in [-0.1, -0.05) is 35.9 Å². The fourth-order valence-electron chi connectivity index (χ4n) is 8.76. The maximum atomic E-state index is 13.1. The molecule has 6 aromatic rings. The van der Waals surface area contributed by atoms with E-state index in [0.29, 0.717) is 18.1 Å². The normalized spacial score (nSPS) is 19.2. The fraction of sp³-hybridized carbons (Fsp3) is 0.391. The third-order valence-electron chi connectivity index (χ3n) is 11.4. The molecule has 2 amide bonds. The number of H-pyrrole nitrogens is 2. The Hall–Kier alpha value is -5.75. The number of nitrogens with one attached hydrogen (secondary N) is 2. The standard InChI is InChI=1S/C46H50ClN7O5/c1-45(2,3)58-43(55)53-20-8-10-35(53)41-48-24-32(50-41)27-15-19-34-31(22-27)38-39(52(34)7)30-18-14-28(23-37(30)57-40(38)26-12-16-29(47)17-13-26)33-25-49-42(51-33)36-11-9-21-54(36)44(56)59-46(4,5)6/h12-19,22-25,35-36,40H,8-11,20-21H2,1-7H3,(H,48,50)(H,49,51). The van der Waals surface area contributed by atoms with Gasteiger partial charge in [-0.05, 0) is 109 Å². The highest BCUT2D eigenvalue weighted by molar-refractivity contribution is 6.30. The Morgan fingerprint density at radius 3 is 1.86 bits per heavy atom. The second-order valence-corrected chi connectivity index (χ2v) is 18.3. The van der Waals surface area contributed by atoms with Gasteiger partial charge < -0.3 is 28.7 Å². The number of rotatable bonds is 5. The lowest BCUT2D eigenvalue weighted by molar-refractivity contribution is 0.0208. The largest absolute Gasteiger partial charge is 0.480 e. The summed E-state index contributed by atoms with van der Waals surface area (Å²) in [5, 5.41) is 1.71. The molecule has 3 unspecified atom stereocenters. The van der Waals surface area contributed by atoms with Crippen LogP contribution in [0.1, 0.15) is 108 Å². The minimum atomic E-state index is -0.578. The van der Waals surface area contributed by atoms with Crippen molar-refractivity contribution in [3.8, 4) is 39.5 Å². The topological polar surface area (TPSA) is 131 Å². The van der Waals surface area contributed by atoms with E-state index in [0.717, 1.165) is 98.9 Å². The number of fused-ring (bicyclic) bond motifs is 5. The summed E-state index contributed by atoms with van der Waals surface area (Å²) in [4.78, 5) is 46.3. The van der Waals surface area contributed by atoms with E-state index in [1.165, 1.54) is 0 Å². The number of likely N-dealkylation sites (tertiary alicyclic amines) is 2. The number of benzene rings is 3. The van der Waals surface area contributed by atoms with Gasteiger partial charge in [0.25, 0.3) is 0 Å². The first-order valence-corrected chi connectivity index (χ1v) is 20.8. The van der Waals surface area contributed by atoms with Gasteiger partial charge in [0.1, 0.15) is 28.6 Å². The van der Waals surface area contributed by atoms with Crippen LogP contribution in [0.2, 0.25) is 5.02 Å². The number of amides is 2. The van der Waals surface area contributed by atoms with Gasteiger partial charge >= 0.3 is 12.2 Å². The molecule has 3 aliphatic rings. The van der Waals surface area contributed by atoms with Crippen LogP contribution in [0.25, 0.3) is 44.7 Å². The number of hydrogen-bond acceptors (Lipinski definition) is 7. The fourth-order valence-corrected chi connectivity index (χ4v) is 8.88. The van der Waals surface area contributed by atoms with Crippen LogP contribution >= 0.6 is 11.6 Å². The van der Waals surface area contributed by atoms with Gasteiger partial charge in [0.15, 0.2) is 6.10 Å². The molecule has 9 rings (SSSR count). The summed E-state index contributed by atoms with van der Waals surface area (Å²) in [6.45, 7) is 12.6. The van der Waals surface area contributed by atoms with Crippen LogP contribution in [-0.4, -0.2) is 70.8 Å². The number of aromatic amines is 2. The van der Waals surface area contributed by atoms with E-state index in [1.54, 1.807) is 9.80 Å². The molecule has 3 aromatic heterocycles. The first-order valence-electron chi connectivity index (χ1n) is 20.4. The Kier molecular flexibility index (Phi) is 9.53. The maximum Gasteiger partial charge on any atom is 0.410 e. The van der Waals surface area contributed by atoms with Gasteiger partial charge in [-0.3, -0.25) is 9.80 Å². The zero-order valence-electron chi connectivity index (χ0n) is 34.6. The minimum absolute atomic E-state index is 0.182. The Labute approximate surface area is 348 Å². The number of halogens is 1. The maximum absolute atomic E-state index is 13.1. The van der Waals surface area contributed by atoms with Crippen molar-refractivity contribution in [3.63, 3.8) is 0 Å². The van der Waals surface area contributed by atoms with Crippen LogP contribution in [0.3, 0.4) is 0 Å². The van der Waals surface area contributed by atoms with Crippen molar-refractivity contribution in [1.29, 1.82) is 0 Å². The van der Waals surface area contributed by atoms with Crippen molar-refractivity contribution >= 4 is 34.7 Å². The molecule has 59 heavy (non-hydrogen) atoms. The van der Waals surface area contributed by atoms with Gasteiger partial charge in [-0.15, -0.1) is 0 Å². The van der Waals surface area contributed by atoms with Crippen LogP contribution < -0.4 is 4.74 Å². The zero-order valence-corrected chi connectivity index (χ0v) is 35.3. The first kappa shape index (κ1) is 38.8. The van der Waals surface area contributed by atoms with Gasteiger partial charge in [0, 0.05) is 58.3 Å². The molecule has 0 radical (unpaired) electrons. The quantitative estimate of drug-likeness (QED) is 0.177. The second kappa shape index (κ2) is 14.5. The van der Waals surface area contributed by atoms with Crippen LogP contribution in [0.4, 0.5) is 9.59 Å². The summed E-state index contributed by atoms with van der Waals surface area (Å²) in [7, 11) is 2.10. The summed E-state index contributed by atoms with van der Waals surface area (Å²) >= 11 is 6.39. The molecule has 2 N–H and O–H groups in total. The molecule has 0 aliphatic carbocycles. The molecule has 3 atom stereocenters. The van der Waals surface area contributed by atoms with Crippen molar-refractivity contribution < 1.29 is 23.8 Å². The highest BCUT2D eigenvalue weighted by atomic mass is 35.5. The monoisotopic (exact) mass is 815 g/mol. The molecule has 0 spiro atoms.